The first-order valence-electron chi connectivity index (χ1n) is 12.9. The zero-order valence-corrected chi connectivity index (χ0v) is 23.2. The van der Waals surface area contributed by atoms with Gasteiger partial charge in [0.2, 0.25) is 0 Å². The van der Waals surface area contributed by atoms with E-state index in [1.165, 1.54) is 0 Å². The summed E-state index contributed by atoms with van der Waals surface area (Å²) in [6, 6.07) is 33.2. The van der Waals surface area contributed by atoms with Gasteiger partial charge in [-0.3, -0.25) is 9.13 Å². The van der Waals surface area contributed by atoms with Crippen LogP contribution in [0.25, 0.3) is 0 Å². The first kappa shape index (κ1) is 27.1. The number of hydrogen-bond acceptors (Lipinski definition) is 8. The van der Waals surface area contributed by atoms with Gasteiger partial charge in [-0.05, 0) is 48.5 Å². The van der Waals surface area contributed by atoms with Crippen LogP contribution in [0, 0.1) is 0 Å². The summed E-state index contributed by atoms with van der Waals surface area (Å²) in [4.78, 5) is 5.74. The summed E-state index contributed by atoms with van der Waals surface area (Å²) in [7, 11) is -7.66. The average Bonchev–Trinajstić information content (AvgIpc) is 3.60. The Labute approximate surface area is 232 Å². The fourth-order valence-corrected chi connectivity index (χ4v) is 8.99. The Morgan fingerprint density at radius 1 is 0.625 bits per heavy atom. The molecular weight excluding hydrogens is 550 g/mol. The Morgan fingerprint density at radius 3 is 1.73 bits per heavy atom. The van der Waals surface area contributed by atoms with Gasteiger partial charge < -0.3 is 19.1 Å². The summed E-state index contributed by atoms with van der Waals surface area (Å²) < 4.78 is 53.0. The van der Waals surface area contributed by atoms with Crippen LogP contribution in [0.1, 0.15) is 0 Å². The molecule has 4 aromatic rings. The lowest BCUT2D eigenvalue weighted by atomic mass is 10.1. The van der Waals surface area contributed by atoms with E-state index in [0.717, 1.165) is 0 Å². The van der Waals surface area contributed by atoms with Crippen molar-refractivity contribution in [2.24, 2.45) is 0 Å². The second-order valence-electron chi connectivity index (χ2n) is 9.54. The molecule has 4 aromatic carbocycles. The van der Waals surface area contributed by atoms with E-state index in [0.29, 0.717) is 15.9 Å². The Balaban J connectivity index is 1.39. The number of aliphatic hydroxyl groups excluding tert-OH is 1. The van der Waals surface area contributed by atoms with Gasteiger partial charge in [-0.15, -0.1) is 0 Å². The van der Waals surface area contributed by atoms with E-state index in [4.69, 9.17) is 23.6 Å². The largest absolute Gasteiger partial charge is 0.436 e. The van der Waals surface area contributed by atoms with Crippen molar-refractivity contribution in [1.82, 2.24) is 0 Å². The summed E-state index contributed by atoms with van der Waals surface area (Å²) in [6.45, 7) is 0.229. The molecule has 1 N–H and O–H groups in total. The summed E-state index contributed by atoms with van der Waals surface area (Å²) in [5.74, 6) is 0.141. The molecule has 0 aromatic heterocycles. The third kappa shape index (κ3) is 5.09. The zero-order valence-electron chi connectivity index (χ0n) is 21.4. The molecular formula is C30H28O8P2. The minimum atomic E-state index is -3.98. The van der Waals surface area contributed by atoms with E-state index >= 15 is 0 Å². The highest BCUT2D eigenvalue weighted by Gasteiger charge is 2.49. The number of para-hydroxylation sites is 1. The fraction of sp³-hybridized carbons (Fsp3) is 0.200. The van der Waals surface area contributed by atoms with E-state index in [2.05, 4.69) is 0 Å². The van der Waals surface area contributed by atoms with Gasteiger partial charge in [0.05, 0.1) is 29.1 Å². The molecule has 40 heavy (non-hydrogen) atoms. The number of hydrogen-bond donors (Lipinski definition) is 1. The van der Waals surface area contributed by atoms with Crippen molar-refractivity contribution in [3.63, 3.8) is 0 Å². The Morgan fingerprint density at radius 2 is 1.12 bits per heavy atom. The molecule has 2 heterocycles. The highest BCUT2D eigenvalue weighted by Crippen LogP contribution is 2.52. The van der Waals surface area contributed by atoms with Crippen LogP contribution >= 0.6 is 14.7 Å². The molecule has 0 aliphatic carbocycles. The second kappa shape index (κ2) is 11.4. The van der Waals surface area contributed by atoms with Gasteiger partial charge >= 0.3 is 7.37 Å². The van der Waals surface area contributed by atoms with Crippen molar-refractivity contribution in [2.75, 3.05) is 13.2 Å². The molecule has 0 saturated carbocycles. The SMILES string of the molecule is O=P(Oc1ccccc1P(=O)(OO[C@H]1CO[C@H]2[C@@H]1OC[C@H]2O)c1ccccc1)(c1ccccc1)c1ccccc1. The number of fused-ring (bicyclic) bond motifs is 1. The highest BCUT2D eigenvalue weighted by atomic mass is 31.2. The summed E-state index contributed by atoms with van der Waals surface area (Å²) in [5, 5.41) is 11.6. The molecule has 10 heteroatoms. The van der Waals surface area contributed by atoms with E-state index < -0.39 is 39.2 Å². The average molecular weight is 578 g/mol. The van der Waals surface area contributed by atoms with Gasteiger partial charge in [-0.1, -0.05) is 66.7 Å². The highest BCUT2D eigenvalue weighted by molar-refractivity contribution is 7.75. The van der Waals surface area contributed by atoms with E-state index in [1.807, 2.05) is 12.1 Å². The lowest BCUT2D eigenvalue weighted by Crippen LogP contribution is -2.33. The van der Waals surface area contributed by atoms with Crippen LogP contribution < -0.4 is 25.7 Å². The van der Waals surface area contributed by atoms with Crippen LogP contribution in [0.4, 0.5) is 0 Å². The maximum absolute atomic E-state index is 14.9. The maximum atomic E-state index is 14.9. The minimum absolute atomic E-state index is 0.108. The Kier molecular flexibility index (Phi) is 7.76. The van der Waals surface area contributed by atoms with Crippen LogP contribution in [0.5, 0.6) is 5.75 Å². The molecule has 2 fully saturated rings. The molecule has 0 spiro atoms. The van der Waals surface area contributed by atoms with Crippen molar-refractivity contribution in [3.8, 4) is 5.75 Å². The lowest BCUT2D eigenvalue weighted by molar-refractivity contribution is -0.257. The zero-order chi connectivity index (χ0) is 27.6. The van der Waals surface area contributed by atoms with Crippen LogP contribution in [-0.4, -0.2) is 42.7 Å². The van der Waals surface area contributed by atoms with Crippen LogP contribution in [-0.2, 0) is 28.2 Å². The van der Waals surface area contributed by atoms with Gasteiger partial charge in [0, 0.05) is 5.30 Å². The first-order valence-corrected chi connectivity index (χ1v) is 16.2. The van der Waals surface area contributed by atoms with Crippen molar-refractivity contribution >= 4 is 36.0 Å². The molecule has 0 radical (unpaired) electrons. The standard InChI is InChI=1S/C30H28O8P2/c31-25-20-34-30-27(21-35-29(25)30)36-38-40(33,24-16-8-3-9-17-24)28-19-11-10-18-26(28)37-39(32,22-12-4-1-5-13-22)23-14-6-2-7-15-23/h1-19,25,27,29-31H,20-21H2/t25-,27+,29-,30-,40?/m1/s1. The predicted molar refractivity (Wildman–Crippen MR) is 152 cm³/mol. The van der Waals surface area contributed by atoms with E-state index in [-0.39, 0.29) is 24.3 Å². The van der Waals surface area contributed by atoms with E-state index in [9.17, 15) is 14.2 Å². The van der Waals surface area contributed by atoms with Gasteiger partial charge in [-0.2, -0.15) is 4.67 Å². The van der Waals surface area contributed by atoms with Gasteiger partial charge in [0.25, 0.3) is 7.37 Å². The molecule has 5 atom stereocenters. The van der Waals surface area contributed by atoms with Gasteiger partial charge in [-0.25, -0.2) is 4.89 Å². The number of benzene rings is 4. The summed E-state index contributed by atoms with van der Waals surface area (Å²) >= 11 is 0. The molecule has 0 amide bonds. The van der Waals surface area contributed by atoms with Crippen LogP contribution in [0.2, 0.25) is 0 Å². The molecule has 6 rings (SSSR count). The smallest absolute Gasteiger partial charge is 0.306 e. The fourth-order valence-electron chi connectivity index (χ4n) is 4.91. The van der Waals surface area contributed by atoms with Crippen molar-refractivity contribution in [3.05, 3.63) is 115 Å². The molecule has 8 nitrogen and oxygen atoms in total. The topological polar surface area (TPSA) is 101 Å². The van der Waals surface area contributed by atoms with Crippen LogP contribution in [0.15, 0.2) is 115 Å². The Bertz CT molecular complexity index is 1490. The minimum Gasteiger partial charge on any atom is -0.436 e. The molecule has 2 saturated heterocycles. The number of ether oxygens (including phenoxy) is 2. The van der Waals surface area contributed by atoms with Crippen molar-refractivity contribution < 1.29 is 37.8 Å². The lowest BCUT2D eigenvalue weighted by Gasteiger charge is -2.26. The molecule has 2 aliphatic rings. The number of aliphatic hydroxyl groups is 1. The van der Waals surface area contributed by atoms with Crippen molar-refractivity contribution in [2.45, 2.75) is 24.4 Å². The third-order valence-electron chi connectivity index (χ3n) is 6.95. The summed E-state index contributed by atoms with van der Waals surface area (Å²) in [5.41, 5.74) is 0. The first-order chi connectivity index (χ1) is 19.5. The molecule has 1 unspecified atom stereocenters. The van der Waals surface area contributed by atoms with E-state index in [1.54, 1.807) is 103 Å². The third-order valence-corrected chi connectivity index (χ3v) is 11.6. The van der Waals surface area contributed by atoms with Crippen molar-refractivity contribution in [1.29, 1.82) is 0 Å². The molecule has 206 valence electrons. The normalized spacial score (nSPS) is 23.8. The second-order valence-corrected chi connectivity index (χ2v) is 14.1. The monoisotopic (exact) mass is 578 g/mol. The summed E-state index contributed by atoms with van der Waals surface area (Å²) in [6.07, 6.45) is -2.56. The quantitative estimate of drug-likeness (QED) is 0.182. The Hall–Kier alpha value is -3.06. The maximum Gasteiger partial charge on any atom is 0.306 e. The molecule has 0 bridgehead atoms. The van der Waals surface area contributed by atoms with Gasteiger partial charge in [0.1, 0.15) is 30.2 Å². The number of rotatable bonds is 9. The van der Waals surface area contributed by atoms with Gasteiger partial charge in [0.15, 0.2) is 0 Å². The molecule has 2 aliphatic heterocycles. The predicted octanol–water partition coefficient (Wildman–Crippen LogP) is 3.70. The van der Waals surface area contributed by atoms with Crippen LogP contribution in [0.3, 0.4) is 0 Å².